The molecule has 110 valence electrons. The van der Waals surface area contributed by atoms with Gasteiger partial charge in [-0.1, -0.05) is 46.1 Å². The van der Waals surface area contributed by atoms with Crippen LogP contribution in [0, 0.1) is 0 Å². The molecule has 0 heterocycles. The van der Waals surface area contributed by atoms with E-state index in [1.807, 2.05) is 25.1 Å². The smallest absolute Gasteiger partial charge is 0.255 e. The Morgan fingerprint density at radius 2 is 1.86 bits per heavy atom. The van der Waals surface area contributed by atoms with Crippen molar-refractivity contribution >= 4 is 56.4 Å². The molecule has 0 aliphatic heterocycles. The van der Waals surface area contributed by atoms with Crippen molar-refractivity contribution < 1.29 is 4.79 Å². The van der Waals surface area contributed by atoms with Crippen LogP contribution in [0.15, 0.2) is 34.8 Å². The molecule has 3 nitrogen and oxygen atoms in total. The van der Waals surface area contributed by atoms with Gasteiger partial charge in [0.05, 0.1) is 15.7 Å². The summed E-state index contributed by atoms with van der Waals surface area (Å²) in [5.74, 6) is -0.282. The zero-order valence-corrected chi connectivity index (χ0v) is 14.3. The first-order valence-electron chi connectivity index (χ1n) is 6.26. The molecule has 2 aromatic carbocycles. The molecule has 6 heteroatoms. The average molecular weight is 388 g/mol. The highest BCUT2D eigenvalue weighted by atomic mass is 79.9. The highest BCUT2D eigenvalue weighted by Gasteiger charge is 2.13. The van der Waals surface area contributed by atoms with E-state index in [1.165, 1.54) is 12.1 Å². The number of halogens is 3. The average Bonchev–Trinajstić information content (AvgIpc) is 2.45. The predicted molar refractivity (Wildman–Crippen MR) is 92.3 cm³/mol. The van der Waals surface area contributed by atoms with Crippen molar-refractivity contribution in [1.82, 2.24) is 0 Å². The lowest BCUT2D eigenvalue weighted by atomic mass is 10.1. The van der Waals surface area contributed by atoms with E-state index in [1.54, 1.807) is 0 Å². The van der Waals surface area contributed by atoms with Crippen LogP contribution >= 0.6 is 39.1 Å². The van der Waals surface area contributed by atoms with Gasteiger partial charge in [0.2, 0.25) is 0 Å². The van der Waals surface area contributed by atoms with E-state index in [2.05, 4.69) is 21.2 Å². The second-order valence-corrected chi connectivity index (χ2v) is 6.19. The Hall–Kier alpha value is -1.23. The number of nitrogens with two attached hydrogens (primary N) is 1. The number of hydrogen-bond acceptors (Lipinski definition) is 2. The highest BCUT2D eigenvalue weighted by molar-refractivity contribution is 9.10. The molecule has 2 aromatic rings. The zero-order chi connectivity index (χ0) is 15.6. The van der Waals surface area contributed by atoms with Gasteiger partial charge in [0.25, 0.3) is 5.91 Å². The van der Waals surface area contributed by atoms with Crippen molar-refractivity contribution in [2.75, 3.05) is 11.1 Å². The minimum atomic E-state index is -0.282. The molecule has 3 N–H and O–H groups in total. The minimum absolute atomic E-state index is 0.263. The number of nitrogens with one attached hydrogen (secondary N) is 1. The van der Waals surface area contributed by atoms with Crippen molar-refractivity contribution in [2.45, 2.75) is 13.3 Å². The number of hydrogen-bond donors (Lipinski definition) is 2. The number of nitrogen functional groups attached to an aromatic ring is 1. The molecular formula is C15H13BrCl2N2O. The summed E-state index contributed by atoms with van der Waals surface area (Å²) in [5, 5.41) is 3.39. The molecule has 0 atom stereocenters. The van der Waals surface area contributed by atoms with Gasteiger partial charge < -0.3 is 11.1 Å². The topological polar surface area (TPSA) is 55.1 Å². The Balaban J connectivity index is 2.30. The fraction of sp³-hybridized carbons (Fsp3) is 0.133. The Kier molecular flexibility index (Phi) is 5.14. The van der Waals surface area contributed by atoms with Gasteiger partial charge in [0.15, 0.2) is 0 Å². The van der Waals surface area contributed by atoms with E-state index in [9.17, 15) is 4.79 Å². The van der Waals surface area contributed by atoms with Gasteiger partial charge in [-0.15, -0.1) is 0 Å². The van der Waals surface area contributed by atoms with E-state index >= 15 is 0 Å². The van der Waals surface area contributed by atoms with Gasteiger partial charge >= 0.3 is 0 Å². The molecule has 0 radical (unpaired) electrons. The standard InChI is InChI=1S/C15H13BrCl2N2O/c1-2-8-5-10(16)3-4-13(8)20-15(21)9-6-11(17)14(19)12(18)7-9/h3-7H,2,19H2,1H3,(H,20,21). The number of anilines is 2. The van der Waals surface area contributed by atoms with Crippen LogP contribution in [0.3, 0.4) is 0 Å². The van der Waals surface area contributed by atoms with Crippen LogP contribution in [0.1, 0.15) is 22.8 Å². The van der Waals surface area contributed by atoms with Crippen molar-refractivity contribution in [2.24, 2.45) is 0 Å². The third-order valence-electron chi connectivity index (χ3n) is 3.04. The van der Waals surface area contributed by atoms with Crippen molar-refractivity contribution in [1.29, 1.82) is 0 Å². The van der Waals surface area contributed by atoms with Gasteiger partial charge in [-0.05, 0) is 42.3 Å². The Morgan fingerprint density at radius 1 is 1.24 bits per heavy atom. The molecule has 0 aliphatic carbocycles. The lowest BCUT2D eigenvalue weighted by Crippen LogP contribution is -2.13. The normalized spacial score (nSPS) is 10.5. The monoisotopic (exact) mass is 386 g/mol. The summed E-state index contributed by atoms with van der Waals surface area (Å²) in [7, 11) is 0. The van der Waals surface area contributed by atoms with Gasteiger partial charge in [-0.3, -0.25) is 4.79 Å². The fourth-order valence-corrected chi connectivity index (χ4v) is 2.78. The van der Waals surface area contributed by atoms with Crippen LogP contribution in [0.5, 0.6) is 0 Å². The highest BCUT2D eigenvalue weighted by Crippen LogP contribution is 2.29. The number of amides is 1. The molecule has 0 bridgehead atoms. The minimum Gasteiger partial charge on any atom is -0.396 e. The molecule has 21 heavy (non-hydrogen) atoms. The Bertz CT molecular complexity index is 681. The summed E-state index contributed by atoms with van der Waals surface area (Å²) in [4.78, 5) is 12.3. The number of aryl methyl sites for hydroxylation is 1. The van der Waals surface area contributed by atoms with Crippen LogP contribution in [-0.2, 0) is 6.42 Å². The van der Waals surface area contributed by atoms with Gasteiger partial charge in [-0.25, -0.2) is 0 Å². The lowest BCUT2D eigenvalue weighted by molar-refractivity contribution is 0.102. The maximum absolute atomic E-state index is 12.3. The van der Waals surface area contributed by atoms with Crippen molar-refractivity contribution in [3.05, 3.63) is 56.0 Å². The summed E-state index contributed by atoms with van der Waals surface area (Å²) in [5.41, 5.74) is 8.09. The second kappa shape index (κ2) is 6.69. The summed E-state index contributed by atoms with van der Waals surface area (Å²) in [6, 6.07) is 8.70. The van der Waals surface area contributed by atoms with E-state index in [0.717, 1.165) is 22.1 Å². The third-order valence-corrected chi connectivity index (χ3v) is 4.16. The number of benzene rings is 2. The first kappa shape index (κ1) is 16.1. The molecule has 0 unspecified atom stereocenters. The maximum Gasteiger partial charge on any atom is 0.255 e. The first-order valence-corrected chi connectivity index (χ1v) is 7.81. The molecule has 0 aromatic heterocycles. The fourth-order valence-electron chi connectivity index (χ4n) is 1.89. The largest absolute Gasteiger partial charge is 0.396 e. The lowest BCUT2D eigenvalue weighted by Gasteiger charge is -2.11. The maximum atomic E-state index is 12.3. The molecule has 0 aliphatic rings. The molecular weight excluding hydrogens is 375 g/mol. The number of rotatable bonds is 3. The SMILES string of the molecule is CCc1cc(Br)ccc1NC(=O)c1cc(Cl)c(N)c(Cl)c1. The molecule has 0 saturated heterocycles. The number of carbonyl (C=O) groups excluding carboxylic acids is 1. The number of carbonyl (C=O) groups is 1. The summed E-state index contributed by atoms with van der Waals surface area (Å²) < 4.78 is 0.968. The summed E-state index contributed by atoms with van der Waals surface area (Å²) in [6.45, 7) is 2.02. The summed E-state index contributed by atoms with van der Waals surface area (Å²) >= 11 is 15.3. The molecule has 0 fully saturated rings. The van der Waals surface area contributed by atoms with Crippen LogP contribution in [-0.4, -0.2) is 5.91 Å². The van der Waals surface area contributed by atoms with Crippen LogP contribution in [0.25, 0.3) is 0 Å². The van der Waals surface area contributed by atoms with Crippen LogP contribution in [0.2, 0.25) is 10.0 Å². The van der Waals surface area contributed by atoms with Gasteiger partial charge in [-0.2, -0.15) is 0 Å². The summed E-state index contributed by atoms with van der Waals surface area (Å²) in [6.07, 6.45) is 0.804. The molecule has 1 amide bonds. The van der Waals surface area contributed by atoms with Crippen molar-refractivity contribution in [3.8, 4) is 0 Å². The quantitative estimate of drug-likeness (QED) is 0.715. The van der Waals surface area contributed by atoms with Crippen molar-refractivity contribution in [3.63, 3.8) is 0 Å². The van der Waals surface area contributed by atoms with Gasteiger partial charge in [0, 0.05) is 15.7 Å². The molecule has 0 saturated carbocycles. The molecule has 2 rings (SSSR count). The second-order valence-electron chi connectivity index (χ2n) is 4.46. The third kappa shape index (κ3) is 3.70. The zero-order valence-electron chi connectivity index (χ0n) is 11.2. The van der Waals surface area contributed by atoms with E-state index in [0.29, 0.717) is 5.56 Å². The van der Waals surface area contributed by atoms with Crippen LogP contribution in [0.4, 0.5) is 11.4 Å². The Labute approximate surface area is 141 Å². The Morgan fingerprint density at radius 3 is 2.43 bits per heavy atom. The van der Waals surface area contributed by atoms with E-state index < -0.39 is 0 Å². The van der Waals surface area contributed by atoms with Gasteiger partial charge in [0.1, 0.15) is 0 Å². The van der Waals surface area contributed by atoms with E-state index in [-0.39, 0.29) is 21.6 Å². The van der Waals surface area contributed by atoms with Crippen LogP contribution < -0.4 is 11.1 Å². The predicted octanol–water partition coefficient (Wildman–Crippen LogP) is 5.15. The van der Waals surface area contributed by atoms with E-state index in [4.69, 9.17) is 28.9 Å². The molecule has 0 spiro atoms. The first-order chi connectivity index (χ1) is 9.92.